The summed E-state index contributed by atoms with van der Waals surface area (Å²) in [7, 11) is 0. The fourth-order valence-electron chi connectivity index (χ4n) is 1.99. The zero-order chi connectivity index (χ0) is 22.6. The zero-order valence-corrected chi connectivity index (χ0v) is 15.9. The molecule has 3 unspecified atom stereocenters. The van der Waals surface area contributed by atoms with Gasteiger partial charge in [0, 0.05) is 6.54 Å². The third-order valence-corrected chi connectivity index (χ3v) is 3.43. The van der Waals surface area contributed by atoms with E-state index in [0.29, 0.717) is 6.42 Å². The molecule has 0 aliphatic heterocycles. The van der Waals surface area contributed by atoms with E-state index >= 15 is 0 Å². The van der Waals surface area contributed by atoms with Crippen molar-refractivity contribution in [2.45, 2.75) is 44.3 Å². The average molecular weight is 417 g/mol. The fraction of sp³-hybridized carbons (Fsp3) is 0.600. The summed E-state index contributed by atoms with van der Waals surface area (Å²) in [6, 6.07) is -3.56. The first-order chi connectivity index (χ1) is 13.4. The molecule has 0 saturated carbocycles. The van der Waals surface area contributed by atoms with Crippen molar-refractivity contribution in [3.05, 3.63) is 0 Å². The predicted octanol–water partition coefficient (Wildman–Crippen LogP) is -3.97. The number of nitrogens with one attached hydrogen (secondary N) is 3. The lowest BCUT2D eigenvalue weighted by atomic mass is 10.1. The highest BCUT2D eigenvalue weighted by Crippen LogP contribution is 2.00. The van der Waals surface area contributed by atoms with Gasteiger partial charge in [-0.2, -0.15) is 0 Å². The van der Waals surface area contributed by atoms with Crippen LogP contribution in [0, 0.1) is 0 Å². The Morgan fingerprint density at radius 3 is 2.10 bits per heavy atom. The number of carboxylic acid groups (broad SMARTS) is 2. The molecule has 0 bridgehead atoms. The van der Waals surface area contributed by atoms with E-state index in [9.17, 15) is 24.0 Å². The average Bonchev–Trinajstić information content (AvgIpc) is 2.60. The minimum Gasteiger partial charge on any atom is -0.481 e. The summed E-state index contributed by atoms with van der Waals surface area (Å²) in [5.41, 5.74) is 15.9. The van der Waals surface area contributed by atoms with E-state index in [0.717, 1.165) is 0 Å². The van der Waals surface area contributed by atoms with Gasteiger partial charge >= 0.3 is 11.9 Å². The summed E-state index contributed by atoms with van der Waals surface area (Å²) < 4.78 is 0. The van der Waals surface area contributed by atoms with Gasteiger partial charge in [-0.05, 0) is 19.8 Å². The zero-order valence-electron chi connectivity index (χ0n) is 15.9. The monoisotopic (exact) mass is 417 g/mol. The highest BCUT2D eigenvalue weighted by molar-refractivity contribution is 5.93. The van der Waals surface area contributed by atoms with Gasteiger partial charge in [0.2, 0.25) is 17.7 Å². The van der Waals surface area contributed by atoms with Crippen LogP contribution in [-0.2, 0) is 24.0 Å². The lowest BCUT2D eigenvalue weighted by Gasteiger charge is -2.19. The van der Waals surface area contributed by atoms with E-state index in [4.69, 9.17) is 27.4 Å². The number of aliphatic carboxylic acids is 2. The first-order valence-corrected chi connectivity index (χ1v) is 8.57. The minimum absolute atomic E-state index is 0.128. The van der Waals surface area contributed by atoms with E-state index in [1.807, 2.05) is 5.32 Å². The van der Waals surface area contributed by atoms with Gasteiger partial charge in [0.1, 0.15) is 12.1 Å². The predicted molar refractivity (Wildman–Crippen MR) is 100 cm³/mol. The van der Waals surface area contributed by atoms with E-state index in [1.165, 1.54) is 6.92 Å². The van der Waals surface area contributed by atoms with Gasteiger partial charge < -0.3 is 43.4 Å². The Hall–Kier alpha value is -3.42. The smallest absolute Gasteiger partial charge is 0.326 e. The van der Waals surface area contributed by atoms with E-state index in [-0.39, 0.29) is 18.9 Å². The molecule has 0 radical (unpaired) electrons. The Morgan fingerprint density at radius 1 is 1.00 bits per heavy atom. The number of rotatable bonds is 13. The minimum atomic E-state index is -1.65. The molecule has 0 heterocycles. The van der Waals surface area contributed by atoms with Crippen LogP contribution >= 0.6 is 0 Å². The van der Waals surface area contributed by atoms with E-state index < -0.39 is 60.8 Å². The van der Waals surface area contributed by atoms with E-state index in [1.54, 1.807) is 0 Å². The number of nitrogens with two attached hydrogens (primary N) is 3. The summed E-state index contributed by atoms with van der Waals surface area (Å²) >= 11 is 0. The van der Waals surface area contributed by atoms with Crippen LogP contribution < -0.4 is 33.2 Å². The van der Waals surface area contributed by atoms with Crippen LogP contribution in [0.15, 0.2) is 4.99 Å². The van der Waals surface area contributed by atoms with Crippen molar-refractivity contribution in [1.29, 1.82) is 0 Å². The molecule has 14 heteroatoms. The van der Waals surface area contributed by atoms with Crippen molar-refractivity contribution in [3.63, 3.8) is 0 Å². The first kappa shape index (κ1) is 25.6. The normalized spacial score (nSPS) is 13.3. The molecule has 164 valence electrons. The number of guanidine groups is 1. The van der Waals surface area contributed by atoms with Crippen molar-refractivity contribution in [2.24, 2.45) is 22.2 Å². The third kappa shape index (κ3) is 11.8. The van der Waals surface area contributed by atoms with Gasteiger partial charge in [0.25, 0.3) is 0 Å². The molecule has 0 fully saturated rings. The van der Waals surface area contributed by atoms with Crippen molar-refractivity contribution in [1.82, 2.24) is 16.0 Å². The van der Waals surface area contributed by atoms with Crippen LogP contribution in [0.2, 0.25) is 0 Å². The molecule has 0 aromatic rings. The fourth-order valence-corrected chi connectivity index (χ4v) is 1.99. The summed E-state index contributed by atoms with van der Waals surface area (Å²) in [4.78, 5) is 61.2. The van der Waals surface area contributed by atoms with Crippen molar-refractivity contribution in [2.75, 3.05) is 13.1 Å². The second kappa shape index (κ2) is 12.9. The van der Waals surface area contributed by atoms with Crippen molar-refractivity contribution >= 4 is 35.6 Å². The molecule has 29 heavy (non-hydrogen) atoms. The molecule has 0 aliphatic rings. The molecular weight excluding hydrogens is 390 g/mol. The second-order valence-corrected chi connectivity index (χ2v) is 6.07. The van der Waals surface area contributed by atoms with Gasteiger partial charge in [0.15, 0.2) is 5.96 Å². The molecule has 14 nitrogen and oxygen atoms in total. The molecule has 0 rings (SSSR count). The topological polar surface area (TPSA) is 252 Å². The largest absolute Gasteiger partial charge is 0.481 e. The number of aliphatic imine (C=N–C) groups is 1. The number of hydrogen-bond acceptors (Lipinski definition) is 7. The lowest BCUT2D eigenvalue weighted by Crippen LogP contribution is -2.53. The standard InChI is InChI=1S/C15H27N7O7/c1-7(16)12(26)22-8(3-2-4-19-15(17)18)13(27)20-6-10(23)21-9(14(28)29)5-11(24)25/h7-9H,2-6,16H2,1H3,(H,20,27)(H,21,23)(H,22,26)(H,24,25)(H,28,29)(H4,17,18,19). The highest BCUT2D eigenvalue weighted by Gasteiger charge is 2.25. The van der Waals surface area contributed by atoms with Crippen molar-refractivity contribution in [3.8, 4) is 0 Å². The quantitative estimate of drug-likeness (QED) is 0.0819. The van der Waals surface area contributed by atoms with Gasteiger partial charge in [-0.1, -0.05) is 0 Å². The highest BCUT2D eigenvalue weighted by atomic mass is 16.4. The molecule has 0 saturated heterocycles. The number of carboxylic acids is 2. The second-order valence-electron chi connectivity index (χ2n) is 6.07. The molecule has 11 N–H and O–H groups in total. The molecule has 3 atom stereocenters. The van der Waals surface area contributed by atoms with Gasteiger partial charge in [0.05, 0.1) is 19.0 Å². The van der Waals surface area contributed by atoms with Crippen LogP contribution in [0.3, 0.4) is 0 Å². The van der Waals surface area contributed by atoms with Crippen molar-refractivity contribution < 1.29 is 34.2 Å². The molecule has 0 aliphatic carbocycles. The number of carbonyl (C=O) groups excluding carboxylic acids is 3. The maximum atomic E-state index is 12.3. The number of hydrogen-bond donors (Lipinski definition) is 8. The number of carbonyl (C=O) groups is 5. The van der Waals surface area contributed by atoms with Gasteiger partial charge in [-0.15, -0.1) is 0 Å². The van der Waals surface area contributed by atoms with Gasteiger partial charge in [-0.3, -0.25) is 24.2 Å². The first-order valence-electron chi connectivity index (χ1n) is 8.57. The third-order valence-electron chi connectivity index (χ3n) is 3.43. The summed E-state index contributed by atoms with van der Waals surface area (Å²) in [6.07, 6.45) is -0.354. The summed E-state index contributed by atoms with van der Waals surface area (Å²) in [5, 5.41) is 24.2. The molecule has 0 aromatic heterocycles. The lowest BCUT2D eigenvalue weighted by molar-refractivity contribution is -0.147. The Labute approximate surface area is 166 Å². The Kier molecular flexibility index (Phi) is 11.4. The van der Waals surface area contributed by atoms with E-state index in [2.05, 4.69) is 15.6 Å². The van der Waals surface area contributed by atoms with Gasteiger partial charge in [-0.25, -0.2) is 4.79 Å². The number of amides is 3. The Morgan fingerprint density at radius 2 is 1.62 bits per heavy atom. The van der Waals surface area contributed by atoms with Crippen LogP contribution in [0.1, 0.15) is 26.2 Å². The molecule has 0 aromatic carbocycles. The Balaban J connectivity index is 4.81. The Bertz CT molecular complexity index is 647. The number of nitrogens with zero attached hydrogens (tertiary/aromatic N) is 1. The summed E-state index contributed by atoms with van der Waals surface area (Å²) in [5.74, 6) is -5.30. The van der Waals surface area contributed by atoms with Crippen LogP contribution in [0.5, 0.6) is 0 Å². The molecular formula is C15H27N7O7. The maximum Gasteiger partial charge on any atom is 0.326 e. The van der Waals surface area contributed by atoms with Crippen LogP contribution in [0.25, 0.3) is 0 Å². The summed E-state index contributed by atoms with van der Waals surface area (Å²) in [6.45, 7) is 1.00. The SMILES string of the molecule is CC(N)C(=O)NC(CCCN=C(N)N)C(=O)NCC(=O)NC(CC(=O)O)C(=O)O. The molecule has 0 spiro atoms. The maximum absolute atomic E-state index is 12.3. The molecule has 3 amide bonds. The van der Waals surface area contributed by atoms with Crippen LogP contribution in [-0.4, -0.2) is 77.0 Å². The van der Waals surface area contributed by atoms with Crippen LogP contribution in [0.4, 0.5) is 0 Å².